The zero-order chi connectivity index (χ0) is 11.6. The first-order valence-corrected chi connectivity index (χ1v) is 6.37. The number of carbonyl (C=O) groups excluding carboxylic acids is 1. The van der Waals surface area contributed by atoms with E-state index in [2.05, 4.69) is 17.1 Å². The molecule has 2 saturated heterocycles. The van der Waals surface area contributed by atoms with Crippen LogP contribution in [-0.2, 0) is 9.53 Å². The first-order valence-electron chi connectivity index (χ1n) is 6.37. The molecule has 0 aromatic heterocycles. The number of piperidine rings is 1. The fourth-order valence-corrected chi connectivity index (χ4v) is 3.13. The number of hydrogen-bond acceptors (Lipinski definition) is 4. The summed E-state index contributed by atoms with van der Waals surface area (Å²) >= 11 is 0. The number of hydrogen-bond donors (Lipinski definition) is 1. The van der Waals surface area contributed by atoms with Crippen molar-refractivity contribution >= 4 is 5.97 Å². The molecule has 0 saturated carbocycles. The van der Waals surface area contributed by atoms with E-state index in [-0.39, 0.29) is 5.97 Å². The van der Waals surface area contributed by atoms with Crippen molar-refractivity contribution in [2.75, 3.05) is 32.8 Å². The second kappa shape index (κ2) is 4.72. The minimum absolute atomic E-state index is 0.0385. The normalized spacial score (nSPS) is 37.4. The van der Waals surface area contributed by atoms with Crippen molar-refractivity contribution in [2.45, 2.75) is 32.2 Å². The lowest BCUT2D eigenvalue weighted by Gasteiger charge is -2.41. The summed E-state index contributed by atoms with van der Waals surface area (Å²) in [6.07, 6.45) is 2.01. The number of carbonyl (C=O) groups is 1. The van der Waals surface area contributed by atoms with Crippen LogP contribution in [0.25, 0.3) is 0 Å². The number of rotatable bonds is 4. The van der Waals surface area contributed by atoms with Crippen LogP contribution in [0, 0.1) is 5.92 Å². The van der Waals surface area contributed by atoms with E-state index < -0.39 is 5.54 Å². The molecule has 2 heterocycles. The van der Waals surface area contributed by atoms with Gasteiger partial charge in [0, 0.05) is 19.0 Å². The van der Waals surface area contributed by atoms with Gasteiger partial charge in [0.05, 0.1) is 6.61 Å². The fraction of sp³-hybridized carbons (Fsp3) is 0.917. The quantitative estimate of drug-likeness (QED) is 0.714. The van der Waals surface area contributed by atoms with Gasteiger partial charge in [0.2, 0.25) is 0 Å². The number of nitrogens with zero attached hydrogens (tertiary/aromatic N) is 1. The van der Waals surface area contributed by atoms with Crippen molar-refractivity contribution in [1.29, 1.82) is 0 Å². The molecule has 3 unspecified atom stereocenters. The first-order chi connectivity index (χ1) is 7.73. The van der Waals surface area contributed by atoms with Gasteiger partial charge in [-0.3, -0.25) is 4.79 Å². The topological polar surface area (TPSA) is 41.6 Å². The summed E-state index contributed by atoms with van der Waals surface area (Å²) in [7, 11) is 0. The molecule has 2 aliphatic rings. The highest BCUT2D eigenvalue weighted by Crippen LogP contribution is 2.36. The highest BCUT2D eigenvalue weighted by molar-refractivity contribution is 5.81. The molecule has 2 aliphatic heterocycles. The monoisotopic (exact) mass is 226 g/mol. The summed E-state index contributed by atoms with van der Waals surface area (Å²) in [4.78, 5) is 14.6. The van der Waals surface area contributed by atoms with Crippen LogP contribution in [0.1, 0.15) is 26.7 Å². The van der Waals surface area contributed by atoms with Crippen molar-refractivity contribution in [3.8, 4) is 0 Å². The lowest BCUT2D eigenvalue weighted by molar-refractivity contribution is -0.155. The maximum Gasteiger partial charge on any atom is 0.326 e. The van der Waals surface area contributed by atoms with Crippen molar-refractivity contribution in [2.24, 2.45) is 5.92 Å². The molecule has 4 nitrogen and oxygen atoms in total. The van der Waals surface area contributed by atoms with Gasteiger partial charge in [-0.2, -0.15) is 0 Å². The fourth-order valence-electron chi connectivity index (χ4n) is 3.13. The summed E-state index contributed by atoms with van der Waals surface area (Å²) in [6, 6.07) is 0. The van der Waals surface area contributed by atoms with Crippen molar-refractivity contribution < 1.29 is 9.53 Å². The van der Waals surface area contributed by atoms with Crippen molar-refractivity contribution in [3.63, 3.8) is 0 Å². The molecular weight excluding hydrogens is 204 g/mol. The lowest BCUT2D eigenvalue weighted by Crippen LogP contribution is -2.61. The summed E-state index contributed by atoms with van der Waals surface area (Å²) in [5.41, 5.74) is -0.405. The van der Waals surface area contributed by atoms with E-state index in [4.69, 9.17) is 4.74 Å². The molecule has 4 heteroatoms. The third-order valence-electron chi connectivity index (χ3n) is 3.92. The zero-order valence-corrected chi connectivity index (χ0v) is 10.3. The molecule has 0 aliphatic carbocycles. The average molecular weight is 226 g/mol. The zero-order valence-electron chi connectivity index (χ0n) is 10.3. The average Bonchev–Trinajstić information content (AvgIpc) is 2.68. The summed E-state index contributed by atoms with van der Waals surface area (Å²) < 4.78 is 5.27. The predicted molar refractivity (Wildman–Crippen MR) is 62.2 cm³/mol. The van der Waals surface area contributed by atoms with E-state index in [9.17, 15) is 4.79 Å². The SMILES string of the molecule is CCNC1(C(=O)OCC)CCN2CCC1C2. The van der Waals surface area contributed by atoms with E-state index in [1.165, 1.54) is 0 Å². The van der Waals surface area contributed by atoms with Crippen LogP contribution in [-0.4, -0.2) is 49.2 Å². The number of nitrogens with one attached hydrogen (secondary N) is 1. The molecule has 16 heavy (non-hydrogen) atoms. The Morgan fingerprint density at radius 1 is 1.50 bits per heavy atom. The molecule has 3 atom stereocenters. The third-order valence-corrected chi connectivity index (χ3v) is 3.92. The van der Waals surface area contributed by atoms with Crippen LogP contribution in [0.3, 0.4) is 0 Å². The second-order valence-electron chi connectivity index (χ2n) is 4.76. The molecule has 0 spiro atoms. The minimum Gasteiger partial charge on any atom is -0.465 e. The minimum atomic E-state index is -0.405. The first kappa shape index (κ1) is 11.9. The van der Waals surface area contributed by atoms with Crippen LogP contribution in [0.5, 0.6) is 0 Å². The van der Waals surface area contributed by atoms with E-state index in [0.29, 0.717) is 12.5 Å². The Hall–Kier alpha value is -0.610. The Morgan fingerprint density at radius 2 is 2.31 bits per heavy atom. The van der Waals surface area contributed by atoms with Gasteiger partial charge < -0.3 is 15.0 Å². The maximum atomic E-state index is 12.2. The highest BCUT2D eigenvalue weighted by Gasteiger charge is 2.51. The molecule has 0 aromatic carbocycles. The van der Waals surface area contributed by atoms with Gasteiger partial charge in [-0.15, -0.1) is 0 Å². The Labute approximate surface area is 97.3 Å². The Bertz CT molecular complexity index is 270. The number of likely N-dealkylation sites (N-methyl/N-ethyl adjacent to an activating group) is 1. The van der Waals surface area contributed by atoms with Crippen LogP contribution >= 0.6 is 0 Å². The van der Waals surface area contributed by atoms with Crippen molar-refractivity contribution in [3.05, 3.63) is 0 Å². The van der Waals surface area contributed by atoms with Gasteiger partial charge in [-0.25, -0.2) is 0 Å². The predicted octanol–water partition coefficient (Wildman–Crippen LogP) is 0.623. The Morgan fingerprint density at radius 3 is 3.00 bits per heavy atom. The van der Waals surface area contributed by atoms with Gasteiger partial charge in [-0.1, -0.05) is 6.92 Å². The summed E-state index contributed by atoms with van der Waals surface area (Å²) in [5, 5.41) is 3.41. The lowest BCUT2D eigenvalue weighted by atomic mass is 9.78. The van der Waals surface area contributed by atoms with E-state index in [1.54, 1.807) is 0 Å². The molecular formula is C12H22N2O2. The highest BCUT2D eigenvalue weighted by atomic mass is 16.5. The van der Waals surface area contributed by atoms with Crippen LogP contribution < -0.4 is 5.32 Å². The molecule has 0 radical (unpaired) electrons. The molecule has 0 amide bonds. The van der Waals surface area contributed by atoms with Gasteiger partial charge in [0.1, 0.15) is 5.54 Å². The smallest absolute Gasteiger partial charge is 0.326 e. The molecule has 92 valence electrons. The number of esters is 1. The largest absolute Gasteiger partial charge is 0.465 e. The van der Waals surface area contributed by atoms with E-state index >= 15 is 0 Å². The van der Waals surface area contributed by atoms with Crippen LogP contribution in [0.15, 0.2) is 0 Å². The third kappa shape index (κ3) is 1.84. The summed E-state index contributed by atoms with van der Waals surface area (Å²) in [5.74, 6) is 0.392. The van der Waals surface area contributed by atoms with Crippen molar-refractivity contribution in [1.82, 2.24) is 10.2 Å². The van der Waals surface area contributed by atoms with Crippen LogP contribution in [0.2, 0.25) is 0 Å². The van der Waals surface area contributed by atoms with E-state index in [1.807, 2.05) is 6.92 Å². The number of fused-ring (bicyclic) bond motifs is 2. The van der Waals surface area contributed by atoms with Gasteiger partial charge in [0.25, 0.3) is 0 Å². The standard InChI is InChI=1S/C12H22N2O2/c1-3-13-12(11(15)16-4-2)6-8-14-7-5-10(12)9-14/h10,13H,3-9H2,1-2H3. The molecule has 2 bridgehead atoms. The Kier molecular flexibility index (Phi) is 3.50. The maximum absolute atomic E-state index is 12.2. The summed E-state index contributed by atoms with van der Waals surface area (Å²) in [6.45, 7) is 8.44. The number of ether oxygens (including phenoxy) is 1. The molecule has 2 rings (SSSR count). The molecule has 2 fully saturated rings. The van der Waals surface area contributed by atoms with E-state index in [0.717, 1.165) is 39.0 Å². The van der Waals surface area contributed by atoms with Gasteiger partial charge >= 0.3 is 5.97 Å². The Balaban J connectivity index is 2.16. The second-order valence-corrected chi connectivity index (χ2v) is 4.76. The van der Waals surface area contributed by atoms with Gasteiger partial charge in [0.15, 0.2) is 0 Å². The van der Waals surface area contributed by atoms with Gasteiger partial charge in [-0.05, 0) is 32.9 Å². The molecule has 1 N–H and O–H groups in total. The molecule has 0 aromatic rings. The van der Waals surface area contributed by atoms with Crippen LogP contribution in [0.4, 0.5) is 0 Å².